The summed E-state index contributed by atoms with van der Waals surface area (Å²) in [5.41, 5.74) is 0. The van der Waals surface area contributed by atoms with Crippen molar-refractivity contribution in [1.29, 1.82) is 0 Å². The molecular formula is C11H18N4O4. The maximum absolute atomic E-state index is 11.9. The molecule has 2 fully saturated rings. The van der Waals surface area contributed by atoms with Crippen LogP contribution in [-0.4, -0.2) is 71.7 Å². The molecule has 4 amide bonds. The Morgan fingerprint density at radius 1 is 1.53 bits per heavy atom. The Morgan fingerprint density at radius 3 is 2.95 bits per heavy atom. The Labute approximate surface area is 110 Å². The van der Waals surface area contributed by atoms with Gasteiger partial charge in [0.25, 0.3) is 0 Å². The molecule has 0 aliphatic carbocycles. The fourth-order valence-corrected chi connectivity index (χ4v) is 2.23. The van der Waals surface area contributed by atoms with E-state index >= 15 is 0 Å². The van der Waals surface area contributed by atoms with Crippen LogP contribution in [0.2, 0.25) is 0 Å². The molecule has 0 aromatic heterocycles. The normalized spacial score (nSPS) is 23.6. The fourth-order valence-electron chi connectivity index (χ4n) is 2.23. The molecule has 0 saturated carbocycles. The third kappa shape index (κ3) is 2.88. The molecule has 0 radical (unpaired) electrons. The van der Waals surface area contributed by atoms with Crippen molar-refractivity contribution in [2.24, 2.45) is 5.92 Å². The van der Waals surface area contributed by atoms with E-state index in [9.17, 15) is 14.4 Å². The van der Waals surface area contributed by atoms with E-state index in [0.29, 0.717) is 26.2 Å². The molecule has 8 nitrogen and oxygen atoms in total. The van der Waals surface area contributed by atoms with Gasteiger partial charge in [0, 0.05) is 32.7 Å². The maximum Gasteiger partial charge on any atom is 0.317 e. The molecule has 2 saturated heterocycles. The first-order chi connectivity index (χ1) is 8.99. The number of nitrogens with zero attached hydrogens (tertiary/aromatic N) is 2. The van der Waals surface area contributed by atoms with Crippen molar-refractivity contribution < 1.29 is 19.5 Å². The van der Waals surface area contributed by atoms with Gasteiger partial charge in [-0.15, -0.1) is 0 Å². The van der Waals surface area contributed by atoms with E-state index in [1.165, 1.54) is 0 Å². The summed E-state index contributed by atoms with van der Waals surface area (Å²) < 4.78 is 0. The monoisotopic (exact) mass is 270 g/mol. The lowest BCUT2D eigenvalue weighted by atomic mass is 10.2. The molecule has 2 aliphatic rings. The predicted molar refractivity (Wildman–Crippen MR) is 65.7 cm³/mol. The van der Waals surface area contributed by atoms with Crippen LogP contribution in [0.15, 0.2) is 0 Å². The first-order valence-electron chi connectivity index (χ1n) is 6.29. The van der Waals surface area contributed by atoms with Crippen molar-refractivity contribution in [2.75, 3.05) is 32.7 Å². The van der Waals surface area contributed by atoms with Gasteiger partial charge in [-0.25, -0.2) is 9.59 Å². The van der Waals surface area contributed by atoms with Gasteiger partial charge in [0.15, 0.2) is 0 Å². The number of carbonyl (C=O) groups is 3. The van der Waals surface area contributed by atoms with Crippen LogP contribution >= 0.6 is 0 Å². The van der Waals surface area contributed by atoms with E-state index in [0.717, 1.165) is 0 Å². The van der Waals surface area contributed by atoms with Crippen molar-refractivity contribution in [1.82, 2.24) is 20.4 Å². The highest BCUT2D eigenvalue weighted by molar-refractivity contribution is 5.79. The van der Waals surface area contributed by atoms with Crippen molar-refractivity contribution in [3.63, 3.8) is 0 Å². The number of carbonyl (C=O) groups excluding carboxylic acids is 2. The molecule has 106 valence electrons. The van der Waals surface area contributed by atoms with Gasteiger partial charge in [0.1, 0.15) is 0 Å². The van der Waals surface area contributed by atoms with Crippen LogP contribution in [0.1, 0.15) is 6.92 Å². The number of hydrogen-bond acceptors (Lipinski definition) is 3. The Kier molecular flexibility index (Phi) is 3.77. The molecule has 2 heterocycles. The minimum Gasteiger partial charge on any atom is -0.481 e. The number of fused-ring (bicyclic) bond motifs is 1. The number of carboxylic acids is 1. The minimum atomic E-state index is -0.935. The molecule has 8 heteroatoms. The lowest BCUT2D eigenvalue weighted by Gasteiger charge is -2.36. The largest absolute Gasteiger partial charge is 0.481 e. The third-order valence-corrected chi connectivity index (χ3v) is 3.50. The van der Waals surface area contributed by atoms with Gasteiger partial charge in [0.05, 0.1) is 12.0 Å². The fraction of sp³-hybridized carbons (Fsp3) is 0.727. The summed E-state index contributed by atoms with van der Waals surface area (Å²) in [6.45, 7) is 3.66. The number of hydrogen-bond donors (Lipinski definition) is 3. The van der Waals surface area contributed by atoms with Crippen LogP contribution in [0.3, 0.4) is 0 Å². The summed E-state index contributed by atoms with van der Waals surface area (Å²) in [6.07, 6.45) is 0. The second kappa shape index (κ2) is 5.33. The van der Waals surface area contributed by atoms with Crippen molar-refractivity contribution >= 4 is 18.0 Å². The van der Waals surface area contributed by atoms with Crippen LogP contribution in [0.5, 0.6) is 0 Å². The van der Waals surface area contributed by atoms with Gasteiger partial charge >= 0.3 is 18.0 Å². The second-order valence-corrected chi connectivity index (χ2v) is 4.90. The lowest BCUT2D eigenvalue weighted by Crippen LogP contribution is -2.56. The molecule has 0 aromatic rings. The Balaban J connectivity index is 1.81. The summed E-state index contributed by atoms with van der Waals surface area (Å²) in [6, 6.07) is -0.333. The van der Waals surface area contributed by atoms with E-state index in [-0.39, 0.29) is 24.6 Å². The standard InChI is InChI=1S/C11H18N4O4/c1-7(9(16)17)4-12-10(18)14-2-3-15-8(6-14)5-13-11(15)19/h7-8H,2-6H2,1H3,(H,12,18)(H,13,19)(H,16,17). The summed E-state index contributed by atoms with van der Waals surface area (Å²) in [7, 11) is 0. The number of aliphatic carboxylic acids is 1. The minimum absolute atomic E-state index is 0.0175. The molecule has 0 aromatic carbocycles. The lowest BCUT2D eigenvalue weighted by molar-refractivity contribution is -0.140. The van der Waals surface area contributed by atoms with Crippen molar-refractivity contribution in [3.05, 3.63) is 0 Å². The highest BCUT2D eigenvalue weighted by Crippen LogP contribution is 2.14. The summed E-state index contributed by atoms with van der Waals surface area (Å²) >= 11 is 0. The van der Waals surface area contributed by atoms with E-state index in [1.807, 2.05) is 0 Å². The molecule has 2 atom stereocenters. The number of urea groups is 2. The molecule has 2 aliphatic heterocycles. The second-order valence-electron chi connectivity index (χ2n) is 4.90. The van der Waals surface area contributed by atoms with Gasteiger partial charge in [-0.2, -0.15) is 0 Å². The van der Waals surface area contributed by atoms with Crippen LogP contribution < -0.4 is 10.6 Å². The maximum atomic E-state index is 11.9. The molecule has 19 heavy (non-hydrogen) atoms. The Hall–Kier alpha value is -1.99. The number of rotatable bonds is 3. The molecule has 2 rings (SSSR count). The average molecular weight is 270 g/mol. The number of piperazine rings is 1. The smallest absolute Gasteiger partial charge is 0.317 e. The zero-order chi connectivity index (χ0) is 14.0. The quantitative estimate of drug-likeness (QED) is 0.620. The third-order valence-electron chi connectivity index (χ3n) is 3.50. The molecule has 2 unspecified atom stereocenters. The highest BCUT2D eigenvalue weighted by atomic mass is 16.4. The van der Waals surface area contributed by atoms with E-state index in [2.05, 4.69) is 10.6 Å². The SMILES string of the molecule is CC(CNC(=O)N1CCN2C(=O)NCC2C1)C(=O)O. The molecule has 3 N–H and O–H groups in total. The highest BCUT2D eigenvalue weighted by Gasteiger charge is 2.36. The molecular weight excluding hydrogens is 252 g/mol. The van der Waals surface area contributed by atoms with E-state index in [1.54, 1.807) is 16.7 Å². The zero-order valence-corrected chi connectivity index (χ0v) is 10.8. The van der Waals surface area contributed by atoms with Crippen molar-refractivity contribution in [2.45, 2.75) is 13.0 Å². The van der Waals surface area contributed by atoms with Crippen LogP contribution in [-0.2, 0) is 4.79 Å². The predicted octanol–water partition coefficient (Wildman–Crippen LogP) is -0.874. The van der Waals surface area contributed by atoms with Gasteiger partial charge in [-0.1, -0.05) is 6.92 Å². The Morgan fingerprint density at radius 2 is 2.26 bits per heavy atom. The van der Waals surface area contributed by atoms with E-state index < -0.39 is 11.9 Å². The van der Waals surface area contributed by atoms with Gasteiger partial charge in [0.2, 0.25) is 0 Å². The number of amides is 4. The van der Waals surface area contributed by atoms with E-state index in [4.69, 9.17) is 5.11 Å². The average Bonchev–Trinajstić information content (AvgIpc) is 2.76. The first-order valence-corrected chi connectivity index (χ1v) is 6.29. The Bertz CT molecular complexity index is 400. The molecule has 0 spiro atoms. The molecule has 0 bridgehead atoms. The topological polar surface area (TPSA) is 102 Å². The van der Waals surface area contributed by atoms with Gasteiger partial charge < -0.3 is 25.5 Å². The van der Waals surface area contributed by atoms with Crippen LogP contribution in [0.4, 0.5) is 9.59 Å². The van der Waals surface area contributed by atoms with Crippen LogP contribution in [0.25, 0.3) is 0 Å². The summed E-state index contributed by atoms with van der Waals surface area (Å²) in [5.74, 6) is -1.55. The summed E-state index contributed by atoms with van der Waals surface area (Å²) in [5, 5.41) is 14.1. The number of nitrogens with one attached hydrogen (secondary N) is 2. The summed E-state index contributed by atoms with van der Waals surface area (Å²) in [4.78, 5) is 37.3. The number of carboxylic acid groups (broad SMARTS) is 1. The van der Waals surface area contributed by atoms with Crippen molar-refractivity contribution in [3.8, 4) is 0 Å². The van der Waals surface area contributed by atoms with Gasteiger partial charge in [-0.3, -0.25) is 4.79 Å². The zero-order valence-electron chi connectivity index (χ0n) is 10.8. The van der Waals surface area contributed by atoms with Crippen LogP contribution in [0, 0.1) is 5.92 Å². The van der Waals surface area contributed by atoms with Gasteiger partial charge in [-0.05, 0) is 0 Å². The first kappa shape index (κ1) is 13.4.